The largest absolute Gasteiger partial charge is 0.357 e. The Bertz CT molecular complexity index is 1120. The number of aryl methyl sites for hydroxylation is 1. The van der Waals surface area contributed by atoms with Crippen LogP contribution in [0.2, 0.25) is 10.0 Å². The van der Waals surface area contributed by atoms with Crippen molar-refractivity contribution in [2.24, 2.45) is 0 Å². The number of hydrogen-bond acceptors (Lipinski definition) is 4. The molecule has 0 bridgehead atoms. The van der Waals surface area contributed by atoms with Gasteiger partial charge in [0.05, 0.1) is 11.9 Å². The third kappa shape index (κ3) is 7.61. The highest BCUT2D eigenvalue weighted by atomic mass is 35.5. The van der Waals surface area contributed by atoms with Gasteiger partial charge in [-0.05, 0) is 55.2 Å². The number of hydrogen-bond donors (Lipinski definition) is 1. The summed E-state index contributed by atoms with van der Waals surface area (Å²) >= 11 is 12.3. The molecule has 0 aliphatic rings. The van der Waals surface area contributed by atoms with E-state index in [1.54, 1.807) is 36.4 Å². The van der Waals surface area contributed by atoms with Gasteiger partial charge >= 0.3 is 0 Å². The summed E-state index contributed by atoms with van der Waals surface area (Å²) in [4.78, 5) is 27.3. The van der Waals surface area contributed by atoms with Crippen LogP contribution in [0, 0.1) is 6.92 Å². The van der Waals surface area contributed by atoms with Gasteiger partial charge in [-0.2, -0.15) is 0 Å². The van der Waals surface area contributed by atoms with Crippen LogP contribution in [0.3, 0.4) is 0 Å². The van der Waals surface area contributed by atoms with Gasteiger partial charge in [-0.1, -0.05) is 48.3 Å². The fraction of sp³-hybridized carbons (Fsp3) is 0.417. The molecule has 0 radical (unpaired) electrons. The Morgan fingerprint density at radius 2 is 1.82 bits per heavy atom. The molecule has 10 heteroatoms. The molecule has 0 aliphatic carbocycles. The summed E-state index contributed by atoms with van der Waals surface area (Å²) in [5.74, 6) is -0.544. The van der Waals surface area contributed by atoms with Crippen LogP contribution >= 0.6 is 23.2 Å². The minimum absolute atomic E-state index is 0.0660. The molecule has 0 unspecified atom stereocenters. The molecular weight excluding hydrogens is 497 g/mol. The minimum atomic E-state index is -3.54. The molecule has 34 heavy (non-hydrogen) atoms. The Hall–Kier alpha value is -2.29. The summed E-state index contributed by atoms with van der Waals surface area (Å²) < 4.78 is 26.1. The highest BCUT2D eigenvalue weighted by Crippen LogP contribution is 2.25. The van der Waals surface area contributed by atoms with E-state index in [0.717, 1.165) is 11.8 Å². The first kappa shape index (κ1) is 28.0. The first-order valence-electron chi connectivity index (χ1n) is 11.0. The maximum Gasteiger partial charge on any atom is 0.242 e. The van der Waals surface area contributed by atoms with Gasteiger partial charge in [0.25, 0.3) is 0 Å². The summed E-state index contributed by atoms with van der Waals surface area (Å²) in [5, 5.41) is 3.48. The monoisotopic (exact) mass is 527 g/mol. The normalized spacial score (nSPS) is 12.2. The summed E-state index contributed by atoms with van der Waals surface area (Å²) in [7, 11) is -2.01. The van der Waals surface area contributed by atoms with Crippen LogP contribution in [0.5, 0.6) is 0 Å². The lowest BCUT2D eigenvalue weighted by Crippen LogP contribution is -2.48. The number of halogens is 2. The summed E-state index contributed by atoms with van der Waals surface area (Å²) in [6.45, 7) is 3.98. The van der Waals surface area contributed by atoms with Crippen molar-refractivity contribution < 1.29 is 18.0 Å². The Morgan fingerprint density at radius 3 is 2.38 bits per heavy atom. The van der Waals surface area contributed by atoms with Crippen molar-refractivity contribution in [2.75, 3.05) is 24.2 Å². The maximum atomic E-state index is 13.3. The Kier molecular flexibility index (Phi) is 10.2. The molecule has 0 aromatic heterocycles. The predicted octanol–water partition coefficient (Wildman–Crippen LogP) is 4.40. The van der Waals surface area contributed by atoms with Crippen LogP contribution in [-0.4, -0.2) is 51.0 Å². The van der Waals surface area contributed by atoms with Gasteiger partial charge < -0.3 is 10.2 Å². The zero-order valence-electron chi connectivity index (χ0n) is 19.8. The van der Waals surface area contributed by atoms with E-state index in [9.17, 15) is 18.0 Å². The number of carbonyl (C=O) groups excluding carboxylic acids is 2. The molecule has 7 nitrogen and oxygen atoms in total. The van der Waals surface area contributed by atoms with Crippen molar-refractivity contribution in [1.29, 1.82) is 0 Å². The standard InChI is InChI=1S/C24H31Cl2N3O4S/c1-5-22(24(31)27-3)28(16-18-11-12-19(25)15-21(18)26)23(30)10-7-13-29(34(4,32)33)20-9-6-8-17(2)14-20/h6,8-9,11-12,14-15,22H,5,7,10,13,16H2,1-4H3,(H,27,31)/t22-/m0/s1. The van der Waals surface area contributed by atoms with Crippen LogP contribution < -0.4 is 9.62 Å². The Labute approximate surface area is 212 Å². The highest BCUT2D eigenvalue weighted by molar-refractivity contribution is 7.92. The Morgan fingerprint density at radius 1 is 1.12 bits per heavy atom. The van der Waals surface area contributed by atoms with Gasteiger partial charge in [0, 0.05) is 36.6 Å². The van der Waals surface area contributed by atoms with Crippen molar-refractivity contribution in [3.8, 4) is 0 Å². The van der Waals surface area contributed by atoms with E-state index in [1.807, 2.05) is 19.9 Å². The van der Waals surface area contributed by atoms with Crippen LogP contribution in [-0.2, 0) is 26.2 Å². The quantitative estimate of drug-likeness (QED) is 0.469. The molecule has 0 aliphatic heterocycles. The lowest BCUT2D eigenvalue weighted by Gasteiger charge is -2.31. The molecule has 0 heterocycles. The van der Waals surface area contributed by atoms with Gasteiger partial charge in [0.2, 0.25) is 21.8 Å². The SMILES string of the molecule is CC[C@@H](C(=O)NC)N(Cc1ccc(Cl)cc1Cl)C(=O)CCCN(c1cccc(C)c1)S(C)(=O)=O. The third-order valence-corrected chi connectivity index (χ3v) is 7.21. The zero-order valence-corrected chi connectivity index (χ0v) is 22.2. The summed E-state index contributed by atoms with van der Waals surface area (Å²) in [6.07, 6.45) is 1.91. The van der Waals surface area contributed by atoms with Crippen molar-refractivity contribution in [2.45, 2.75) is 45.7 Å². The van der Waals surface area contributed by atoms with Crippen molar-refractivity contribution in [3.63, 3.8) is 0 Å². The average molecular weight is 529 g/mol. The van der Waals surface area contributed by atoms with E-state index in [2.05, 4.69) is 5.32 Å². The van der Waals surface area contributed by atoms with Gasteiger partial charge in [-0.25, -0.2) is 8.42 Å². The van der Waals surface area contributed by atoms with Gasteiger partial charge in [0.15, 0.2) is 0 Å². The molecule has 2 aromatic carbocycles. The number of benzene rings is 2. The number of sulfonamides is 1. The van der Waals surface area contributed by atoms with Crippen LogP contribution in [0.25, 0.3) is 0 Å². The molecule has 1 atom stereocenters. The number of rotatable bonds is 11. The first-order valence-corrected chi connectivity index (χ1v) is 13.6. The second kappa shape index (κ2) is 12.4. The number of likely N-dealkylation sites (N-methyl/N-ethyl adjacent to an activating group) is 1. The Balaban J connectivity index is 2.22. The summed E-state index contributed by atoms with van der Waals surface area (Å²) in [5.41, 5.74) is 2.15. The molecule has 2 rings (SSSR count). The van der Waals surface area contributed by atoms with Crippen LogP contribution in [0.4, 0.5) is 5.69 Å². The average Bonchev–Trinajstić information content (AvgIpc) is 2.76. The molecular formula is C24H31Cl2N3O4S. The molecule has 0 fully saturated rings. The number of carbonyl (C=O) groups is 2. The predicted molar refractivity (Wildman–Crippen MR) is 138 cm³/mol. The van der Waals surface area contributed by atoms with E-state index in [-0.39, 0.29) is 37.7 Å². The second-order valence-electron chi connectivity index (χ2n) is 8.07. The van der Waals surface area contributed by atoms with E-state index in [0.29, 0.717) is 27.7 Å². The number of nitrogens with zero attached hydrogens (tertiary/aromatic N) is 2. The second-order valence-corrected chi connectivity index (χ2v) is 10.8. The topological polar surface area (TPSA) is 86.8 Å². The molecule has 0 saturated heterocycles. The fourth-order valence-electron chi connectivity index (χ4n) is 3.71. The third-order valence-electron chi connectivity index (χ3n) is 5.43. The zero-order chi connectivity index (χ0) is 25.5. The summed E-state index contributed by atoms with van der Waals surface area (Å²) in [6, 6.07) is 11.5. The molecule has 0 saturated carbocycles. The lowest BCUT2D eigenvalue weighted by molar-refractivity contribution is -0.141. The van der Waals surface area contributed by atoms with Gasteiger partial charge in [-0.15, -0.1) is 0 Å². The lowest BCUT2D eigenvalue weighted by atomic mass is 10.1. The number of anilines is 1. The van der Waals surface area contributed by atoms with Crippen LogP contribution in [0.15, 0.2) is 42.5 Å². The highest BCUT2D eigenvalue weighted by Gasteiger charge is 2.28. The first-order chi connectivity index (χ1) is 16.0. The maximum absolute atomic E-state index is 13.3. The number of nitrogens with one attached hydrogen (secondary N) is 1. The van der Waals surface area contributed by atoms with Crippen molar-refractivity contribution in [3.05, 3.63) is 63.6 Å². The van der Waals surface area contributed by atoms with Gasteiger partial charge in [-0.3, -0.25) is 13.9 Å². The van der Waals surface area contributed by atoms with Crippen LogP contribution in [0.1, 0.15) is 37.3 Å². The van der Waals surface area contributed by atoms with E-state index in [1.165, 1.54) is 16.3 Å². The molecule has 0 spiro atoms. The van der Waals surface area contributed by atoms with Gasteiger partial charge in [0.1, 0.15) is 6.04 Å². The smallest absolute Gasteiger partial charge is 0.242 e. The molecule has 2 aromatic rings. The van der Waals surface area contributed by atoms with E-state index < -0.39 is 16.1 Å². The molecule has 1 N–H and O–H groups in total. The van der Waals surface area contributed by atoms with Crippen molar-refractivity contribution >= 4 is 50.7 Å². The fourth-order valence-corrected chi connectivity index (χ4v) is 5.13. The molecule has 186 valence electrons. The van der Waals surface area contributed by atoms with Crippen molar-refractivity contribution in [1.82, 2.24) is 10.2 Å². The van der Waals surface area contributed by atoms with E-state index >= 15 is 0 Å². The number of amides is 2. The minimum Gasteiger partial charge on any atom is -0.357 e. The molecule has 2 amide bonds. The van der Waals surface area contributed by atoms with E-state index in [4.69, 9.17) is 23.2 Å².